The quantitative estimate of drug-likeness (QED) is 0.336. The van der Waals surface area contributed by atoms with Crippen molar-refractivity contribution >= 4 is 23.3 Å². The van der Waals surface area contributed by atoms with Gasteiger partial charge in [-0.05, 0) is 42.5 Å². The normalized spacial score (nSPS) is 25.9. The second kappa shape index (κ2) is 7.09. The number of halogens is 3. The van der Waals surface area contributed by atoms with Gasteiger partial charge < -0.3 is 15.2 Å². The van der Waals surface area contributed by atoms with E-state index in [-0.39, 0.29) is 40.2 Å². The molecule has 4 atom stereocenters. The number of carbonyl (C=O) groups excluding carboxylic acids is 3. The Balaban J connectivity index is 1.21. The number of hydrogen-bond acceptors (Lipinski definition) is 6. The number of ketones is 1. The average Bonchev–Trinajstić information content (AvgIpc) is 3.42. The number of carbonyl (C=O) groups is 3. The third kappa shape index (κ3) is 2.91. The van der Waals surface area contributed by atoms with Crippen LogP contribution in [0.25, 0.3) is 0 Å². The molecule has 1 aromatic carbocycles. The zero-order valence-electron chi connectivity index (χ0n) is 19.7. The number of anilines is 1. The monoisotopic (exact) mass is 521 g/mol. The van der Waals surface area contributed by atoms with Gasteiger partial charge in [-0.1, -0.05) is 5.21 Å². The van der Waals surface area contributed by atoms with Crippen molar-refractivity contribution in [2.45, 2.75) is 43.2 Å². The van der Waals surface area contributed by atoms with Gasteiger partial charge in [0.1, 0.15) is 23.3 Å². The lowest BCUT2D eigenvalue weighted by Gasteiger charge is -2.46. The Hall–Kier alpha value is -4.47. The van der Waals surface area contributed by atoms with Crippen molar-refractivity contribution in [3.05, 3.63) is 64.0 Å². The predicted octanol–water partition coefficient (Wildman–Crippen LogP) is 2.70. The van der Waals surface area contributed by atoms with Crippen molar-refractivity contribution < 1.29 is 27.6 Å². The minimum absolute atomic E-state index is 0.0637. The standard InChI is InChI=1S/C25H18F3N7O3/c1-9-14(21(36)23(38)32-24(7-25(27,28)8-24)13-6-30-34-33-13)19-15-16-17(15)20(16)35(19)18(9)22(37)31-11-2-3-12(26)10(4-11)5-29/h2-4,6,15-17,20H,7-8H2,1H3,(H,31,37)(H,32,38)(H,30,33,34)/t15?,16-,17?,20-/m0/s1. The van der Waals surface area contributed by atoms with Crippen LogP contribution in [0.1, 0.15) is 68.2 Å². The summed E-state index contributed by atoms with van der Waals surface area (Å²) >= 11 is 0. The molecule has 13 heteroatoms. The van der Waals surface area contributed by atoms with Crippen LogP contribution in [0.15, 0.2) is 24.4 Å². The Morgan fingerprint density at radius 1 is 1.24 bits per heavy atom. The maximum Gasteiger partial charge on any atom is 0.293 e. The fourth-order valence-corrected chi connectivity index (χ4v) is 6.49. The zero-order valence-corrected chi connectivity index (χ0v) is 19.7. The van der Waals surface area contributed by atoms with Crippen LogP contribution in [0.3, 0.4) is 0 Å². The highest BCUT2D eigenvalue weighted by Crippen LogP contribution is 2.86. The van der Waals surface area contributed by atoms with Crippen LogP contribution in [0.5, 0.6) is 0 Å². The fraction of sp³-hybridized carbons (Fsp3) is 0.360. The summed E-state index contributed by atoms with van der Waals surface area (Å²) in [7, 11) is 0. The molecule has 0 spiro atoms. The van der Waals surface area contributed by atoms with Crippen LogP contribution in [-0.2, 0) is 10.3 Å². The number of rotatable bonds is 6. The number of H-pyrrole nitrogens is 1. The highest BCUT2D eigenvalue weighted by Gasteiger charge is 2.81. The number of nitrogens with one attached hydrogen (secondary N) is 3. The Morgan fingerprint density at radius 3 is 2.61 bits per heavy atom. The third-order valence-corrected chi connectivity index (χ3v) is 8.26. The number of hydrogen-bond donors (Lipinski definition) is 3. The highest BCUT2D eigenvalue weighted by atomic mass is 19.3. The molecule has 3 N–H and O–H groups in total. The molecule has 0 saturated heterocycles. The number of benzene rings is 1. The number of aromatic nitrogens is 4. The van der Waals surface area contributed by atoms with E-state index in [1.54, 1.807) is 17.6 Å². The van der Waals surface area contributed by atoms with Gasteiger partial charge in [0.05, 0.1) is 16.7 Å². The van der Waals surface area contributed by atoms with Crippen LogP contribution in [0.4, 0.5) is 18.9 Å². The number of Topliss-reactive ketones (excluding diaryl/α,β-unsaturated/α-hetero) is 1. The molecule has 2 aliphatic heterocycles. The van der Waals surface area contributed by atoms with E-state index in [9.17, 15) is 27.6 Å². The number of nitrogens with zero attached hydrogens (tertiary/aromatic N) is 4. The van der Waals surface area contributed by atoms with Gasteiger partial charge in [-0.25, -0.2) is 13.2 Å². The van der Waals surface area contributed by atoms with Gasteiger partial charge in [0.15, 0.2) is 0 Å². The first-order valence-corrected chi connectivity index (χ1v) is 11.9. The summed E-state index contributed by atoms with van der Waals surface area (Å²) in [5.41, 5.74) is -0.252. The molecule has 2 unspecified atom stereocenters. The lowest BCUT2D eigenvalue weighted by Crippen LogP contribution is -2.61. The lowest BCUT2D eigenvalue weighted by atomic mass is 9.71. The van der Waals surface area contributed by atoms with Crippen molar-refractivity contribution in [3.63, 3.8) is 0 Å². The van der Waals surface area contributed by atoms with E-state index < -0.39 is 47.7 Å². The first kappa shape index (κ1) is 22.7. The molecule has 10 nitrogen and oxygen atoms in total. The van der Waals surface area contributed by atoms with E-state index in [1.807, 2.05) is 0 Å². The molecule has 8 rings (SSSR count). The van der Waals surface area contributed by atoms with Gasteiger partial charge >= 0.3 is 0 Å². The fourth-order valence-electron chi connectivity index (χ4n) is 6.49. The second-order valence-corrected chi connectivity index (χ2v) is 10.5. The summed E-state index contributed by atoms with van der Waals surface area (Å²) in [5.74, 6) is -5.59. The summed E-state index contributed by atoms with van der Waals surface area (Å²) in [6.45, 7) is 1.56. The van der Waals surface area contributed by atoms with Crippen molar-refractivity contribution in [2.75, 3.05) is 5.32 Å². The molecule has 192 valence electrons. The van der Waals surface area contributed by atoms with Gasteiger partial charge in [0.2, 0.25) is 0 Å². The van der Waals surface area contributed by atoms with Crippen molar-refractivity contribution in [1.82, 2.24) is 25.3 Å². The van der Waals surface area contributed by atoms with Gasteiger partial charge in [0, 0.05) is 42.4 Å². The van der Waals surface area contributed by atoms with Gasteiger partial charge in [-0.2, -0.15) is 5.26 Å². The third-order valence-electron chi connectivity index (χ3n) is 8.26. The molecule has 5 aliphatic rings. The Kier molecular flexibility index (Phi) is 4.24. The first-order chi connectivity index (χ1) is 18.1. The Labute approximate surface area is 212 Å². The van der Waals surface area contributed by atoms with E-state index in [1.165, 1.54) is 18.3 Å². The molecule has 3 aromatic rings. The van der Waals surface area contributed by atoms with Crippen LogP contribution in [0, 0.1) is 35.9 Å². The lowest BCUT2D eigenvalue weighted by molar-refractivity contribution is -0.148. The predicted molar refractivity (Wildman–Crippen MR) is 122 cm³/mol. The number of amides is 2. The second-order valence-electron chi connectivity index (χ2n) is 10.5. The Bertz CT molecular complexity index is 1620. The Morgan fingerprint density at radius 2 is 1.97 bits per heavy atom. The molecule has 38 heavy (non-hydrogen) atoms. The molecule has 2 bridgehead atoms. The molecule has 3 saturated carbocycles. The summed E-state index contributed by atoms with van der Waals surface area (Å²) in [6, 6.07) is 5.37. The van der Waals surface area contributed by atoms with Crippen LogP contribution in [0.2, 0.25) is 0 Å². The molecule has 0 radical (unpaired) electrons. The average molecular weight is 521 g/mol. The molecular formula is C25H18F3N7O3. The zero-order chi connectivity index (χ0) is 26.7. The number of aromatic amines is 1. The summed E-state index contributed by atoms with van der Waals surface area (Å²) in [6.07, 6.45) is -0.137. The van der Waals surface area contributed by atoms with Crippen molar-refractivity contribution in [1.29, 1.82) is 5.26 Å². The van der Waals surface area contributed by atoms with Crippen LogP contribution >= 0.6 is 0 Å². The molecule has 2 aromatic heterocycles. The number of alkyl halides is 2. The minimum Gasteiger partial charge on any atom is -0.337 e. The largest absolute Gasteiger partial charge is 0.337 e. The van der Waals surface area contributed by atoms with Crippen LogP contribution in [-0.4, -0.2) is 43.5 Å². The van der Waals surface area contributed by atoms with E-state index >= 15 is 0 Å². The first-order valence-electron chi connectivity index (χ1n) is 11.9. The summed E-state index contributed by atoms with van der Waals surface area (Å²) in [5, 5.41) is 24.0. The van der Waals surface area contributed by atoms with E-state index in [4.69, 9.17) is 5.26 Å². The van der Waals surface area contributed by atoms with E-state index in [0.717, 1.165) is 6.07 Å². The topological polar surface area (TPSA) is 146 Å². The maximum absolute atomic E-state index is 13.9. The van der Waals surface area contributed by atoms with Crippen molar-refractivity contribution in [2.24, 2.45) is 11.8 Å². The number of nitriles is 1. The van der Waals surface area contributed by atoms with Gasteiger partial charge in [-0.3, -0.25) is 19.5 Å². The van der Waals surface area contributed by atoms with Crippen molar-refractivity contribution in [3.8, 4) is 6.07 Å². The molecule has 3 aliphatic carbocycles. The van der Waals surface area contributed by atoms with Crippen LogP contribution < -0.4 is 10.6 Å². The molecular weight excluding hydrogens is 503 g/mol. The maximum atomic E-state index is 13.9. The summed E-state index contributed by atoms with van der Waals surface area (Å²) in [4.78, 5) is 40.0. The molecule has 4 heterocycles. The SMILES string of the molecule is Cc1c(C(=O)C(=O)NC2(c3c[nH]nn3)CC(F)(F)C2)c2n(c1C(=O)Nc1ccc(F)c(C#N)c1)[C@@H]1C3C2[C@@H]31. The van der Waals surface area contributed by atoms with Gasteiger partial charge in [0.25, 0.3) is 23.5 Å². The summed E-state index contributed by atoms with van der Waals surface area (Å²) < 4.78 is 43.2. The molecule has 3 fully saturated rings. The smallest absolute Gasteiger partial charge is 0.293 e. The van der Waals surface area contributed by atoms with E-state index in [0.29, 0.717) is 23.1 Å². The highest BCUT2D eigenvalue weighted by molar-refractivity contribution is 6.44. The van der Waals surface area contributed by atoms with E-state index in [2.05, 4.69) is 26.0 Å². The van der Waals surface area contributed by atoms with Gasteiger partial charge in [-0.15, -0.1) is 5.10 Å². The molecule has 2 amide bonds. The minimum atomic E-state index is -3.02.